The number of phenolic OH excluding ortho intramolecular Hbond substituents is 1. The van der Waals surface area contributed by atoms with Gasteiger partial charge in [0.2, 0.25) is 6.79 Å². The third kappa shape index (κ3) is 9.16. The third-order valence-electron chi connectivity index (χ3n) is 10.1. The Morgan fingerprint density at radius 1 is 0.948 bits per heavy atom. The fraction of sp³-hybridized carbons (Fsp3) is 0.326. The van der Waals surface area contributed by atoms with E-state index in [9.17, 15) is 19.5 Å². The van der Waals surface area contributed by atoms with Gasteiger partial charge < -0.3 is 49.2 Å². The van der Waals surface area contributed by atoms with Crippen molar-refractivity contribution in [2.45, 2.75) is 38.8 Å². The molecule has 15 nitrogen and oxygen atoms in total. The van der Waals surface area contributed by atoms with Gasteiger partial charge in [-0.1, -0.05) is 18.2 Å². The fourth-order valence-corrected chi connectivity index (χ4v) is 6.86. The van der Waals surface area contributed by atoms with Crippen LogP contribution in [0.4, 0.5) is 16.2 Å². The molecule has 7 rings (SSSR count). The fourth-order valence-electron chi connectivity index (χ4n) is 6.86. The number of nitrogens with zero attached hydrogens (tertiary/aromatic N) is 4. The topological polar surface area (TPSA) is 173 Å². The van der Waals surface area contributed by atoms with Gasteiger partial charge in [-0.05, 0) is 97.6 Å². The molecule has 4 aromatic rings. The molecule has 0 saturated heterocycles. The molecule has 3 aliphatic rings. The summed E-state index contributed by atoms with van der Waals surface area (Å²) in [5, 5.41) is 24.6. The van der Waals surface area contributed by atoms with Crippen molar-refractivity contribution in [3.05, 3.63) is 100 Å². The molecular formula is C43H46N6O9. The molecule has 4 aromatic carbocycles. The quantitative estimate of drug-likeness (QED) is 0.0506. The number of unbranched alkanes of at least 4 members (excludes halogenated alkanes) is 1. The number of amides is 2. The number of hydrogen-bond donors (Lipinski definition) is 3. The second kappa shape index (κ2) is 18.1. The zero-order chi connectivity index (χ0) is 40.6. The Bertz CT molecular complexity index is 2240. The Morgan fingerprint density at radius 2 is 1.72 bits per heavy atom. The summed E-state index contributed by atoms with van der Waals surface area (Å²) in [7, 11) is 5.05. The van der Waals surface area contributed by atoms with Crippen LogP contribution in [0.2, 0.25) is 0 Å². The van der Waals surface area contributed by atoms with E-state index in [1.54, 1.807) is 44.5 Å². The minimum absolute atomic E-state index is 0.0503. The van der Waals surface area contributed by atoms with Gasteiger partial charge in [0.15, 0.2) is 23.0 Å². The molecule has 0 unspecified atom stereocenters. The number of aromatic hydroxyl groups is 1. The first-order chi connectivity index (χ1) is 28.2. The van der Waals surface area contributed by atoms with E-state index in [4.69, 9.17) is 23.7 Å². The maximum absolute atomic E-state index is 13.1. The predicted octanol–water partition coefficient (Wildman–Crippen LogP) is 6.71. The van der Waals surface area contributed by atoms with Crippen LogP contribution in [-0.2, 0) is 29.1 Å². The van der Waals surface area contributed by atoms with E-state index in [0.29, 0.717) is 55.3 Å². The van der Waals surface area contributed by atoms with Crippen LogP contribution < -0.4 is 29.6 Å². The highest BCUT2D eigenvalue weighted by atomic mass is 16.7. The number of ether oxygens (including phenoxy) is 5. The van der Waals surface area contributed by atoms with E-state index in [-0.39, 0.29) is 37.7 Å². The van der Waals surface area contributed by atoms with Crippen LogP contribution in [0.3, 0.4) is 0 Å². The molecule has 2 amide bonds. The van der Waals surface area contributed by atoms with E-state index < -0.39 is 18.0 Å². The zero-order valence-corrected chi connectivity index (χ0v) is 32.7. The van der Waals surface area contributed by atoms with Crippen molar-refractivity contribution in [1.82, 2.24) is 20.4 Å². The maximum atomic E-state index is 13.1. The van der Waals surface area contributed by atoms with Gasteiger partial charge in [-0.15, -0.1) is 0 Å². The van der Waals surface area contributed by atoms with Gasteiger partial charge in [-0.3, -0.25) is 9.59 Å². The van der Waals surface area contributed by atoms with Crippen molar-refractivity contribution in [2.75, 3.05) is 54.2 Å². The second-order valence-corrected chi connectivity index (χ2v) is 14.1. The Kier molecular flexibility index (Phi) is 12.4. The van der Waals surface area contributed by atoms with E-state index in [0.717, 1.165) is 52.4 Å². The minimum atomic E-state index is -0.480. The number of fused-ring (bicyclic) bond motifs is 5. The predicted molar refractivity (Wildman–Crippen MR) is 215 cm³/mol. The maximum Gasteiger partial charge on any atom is 0.409 e. The number of phenols is 1. The summed E-state index contributed by atoms with van der Waals surface area (Å²) in [4.78, 5) is 42.0. The molecule has 3 aliphatic heterocycles. The number of methoxy groups -OCH3 is 1. The molecule has 15 heteroatoms. The van der Waals surface area contributed by atoms with Crippen molar-refractivity contribution in [2.24, 2.45) is 10.2 Å². The average molecular weight is 791 g/mol. The molecule has 3 heterocycles. The van der Waals surface area contributed by atoms with Gasteiger partial charge in [0.25, 0.3) is 5.91 Å². The monoisotopic (exact) mass is 790 g/mol. The van der Waals surface area contributed by atoms with Crippen LogP contribution in [0, 0.1) is 0 Å². The number of nitrogens with one attached hydrogen (secondary N) is 2. The Hall–Kier alpha value is -6.61. The van der Waals surface area contributed by atoms with E-state index in [1.807, 2.05) is 25.2 Å². The molecule has 302 valence electrons. The lowest BCUT2D eigenvalue weighted by Crippen LogP contribution is -2.33. The Balaban J connectivity index is 0.888. The molecule has 58 heavy (non-hydrogen) atoms. The van der Waals surface area contributed by atoms with Crippen LogP contribution in [0.25, 0.3) is 11.8 Å². The smallest absolute Gasteiger partial charge is 0.409 e. The molecule has 0 aromatic heterocycles. The second-order valence-electron chi connectivity index (χ2n) is 14.1. The third-order valence-corrected chi connectivity index (χ3v) is 10.1. The Labute approximate surface area is 336 Å². The first-order valence-corrected chi connectivity index (χ1v) is 19.1. The van der Waals surface area contributed by atoms with Gasteiger partial charge in [-0.25, -0.2) is 4.79 Å². The van der Waals surface area contributed by atoms with E-state index in [1.165, 1.54) is 22.6 Å². The van der Waals surface area contributed by atoms with Gasteiger partial charge >= 0.3 is 12.1 Å². The first kappa shape index (κ1) is 39.6. The lowest BCUT2D eigenvalue weighted by molar-refractivity contribution is -0.134. The number of likely N-dealkylation sites (N-methyl/N-ethyl adjacent to an activating group) is 2. The van der Waals surface area contributed by atoms with Crippen LogP contribution in [0.15, 0.2) is 77.0 Å². The van der Waals surface area contributed by atoms with Crippen molar-refractivity contribution < 1.29 is 43.2 Å². The largest absolute Gasteiger partial charge is 0.507 e. The van der Waals surface area contributed by atoms with Crippen molar-refractivity contribution in [3.8, 4) is 28.7 Å². The molecule has 0 radical (unpaired) electrons. The van der Waals surface area contributed by atoms with E-state index in [2.05, 4.69) is 37.9 Å². The number of rotatable bonds is 15. The SMILES string of the molecule is CNCCN(C)C(=O)OCc1ccc(/N=N/c2ccc(O)c(C(=O)NCCCCC(=O)Oc3c(OC)ccc4c3CN3CCc5cc6c(cc5C3=C4)OCO6)c2)cc1. The Morgan fingerprint density at radius 3 is 2.52 bits per heavy atom. The summed E-state index contributed by atoms with van der Waals surface area (Å²) >= 11 is 0. The van der Waals surface area contributed by atoms with E-state index >= 15 is 0 Å². The number of carbonyl (C=O) groups is 3. The lowest BCUT2D eigenvalue weighted by atomic mass is 9.90. The number of azo groups is 1. The summed E-state index contributed by atoms with van der Waals surface area (Å²) in [6.07, 6.45) is 3.66. The summed E-state index contributed by atoms with van der Waals surface area (Å²) in [6, 6.07) is 19.3. The molecular weight excluding hydrogens is 745 g/mol. The van der Waals surface area contributed by atoms with Gasteiger partial charge in [-0.2, -0.15) is 10.2 Å². The van der Waals surface area contributed by atoms with Crippen molar-refractivity contribution in [3.63, 3.8) is 0 Å². The molecule has 0 fully saturated rings. The molecule has 0 saturated carbocycles. The first-order valence-electron chi connectivity index (χ1n) is 19.1. The number of carbonyl (C=O) groups excluding carboxylic acids is 3. The number of esters is 1. The normalized spacial score (nSPS) is 13.6. The highest BCUT2D eigenvalue weighted by Crippen LogP contribution is 2.45. The number of benzene rings is 4. The summed E-state index contributed by atoms with van der Waals surface area (Å²) in [5.74, 6) is 1.34. The highest BCUT2D eigenvalue weighted by Gasteiger charge is 2.31. The average Bonchev–Trinajstić information content (AvgIpc) is 3.71. The molecule has 0 atom stereocenters. The van der Waals surface area contributed by atoms with Crippen molar-refractivity contribution in [1.29, 1.82) is 0 Å². The highest BCUT2D eigenvalue weighted by molar-refractivity contribution is 5.97. The van der Waals surface area contributed by atoms with Crippen LogP contribution in [-0.4, -0.2) is 87.1 Å². The standard InChI is InChI=1S/C43H46N6O9/c1-44-17-19-48(2)43(53)55-25-27-7-10-30(11-8-27)46-47-31-12-13-36(50)33(22-31)42(52)45-16-5-4-6-40(51)58-41-34-24-49-18-15-29-21-38-39(57-26-56-38)23-32(29)35(49)20-28(34)9-14-37(41)54-3/h7-14,20-23,44,50H,4-6,15-19,24-26H2,1-3H3,(H,45,52)/b47-46+. The molecule has 0 spiro atoms. The molecule has 0 bridgehead atoms. The molecule has 0 aliphatic carbocycles. The minimum Gasteiger partial charge on any atom is -0.507 e. The van der Waals surface area contributed by atoms with Gasteiger partial charge in [0.1, 0.15) is 12.4 Å². The van der Waals surface area contributed by atoms with Gasteiger partial charge in [0.05, 0.1) is 24.0 Å². The van der Waals surface area contributed by atoms with Crippen LogP contribution >= 0.6 is 0 Å². The molecule has 3 N–H and O–H groups in total. The summed E-state index contributed by atoms with van der Waals surface area (Å²) < 4.78 is 28.1. The summed E-state index contributed by atoms with van der Waals surface area (Å²) in [5.41, 5.74) is 7.01. The van der Waals surface area contributed by atoms with Crippen LogP contribution in [0.5, 0.6) is 28.7 Å². The van der Waals surface area contributed by atoms with Gasteiger partial charge in [0, 0.05) is 63.0 Å². The summed E-state index contributed by atoms with van der Waals surface area (Å²) in [6.45, 7) is 3.17. The zero-order valence-electron chi connectivity index (χ0n) is 32.7. The lowest BCUT2D eigenvalue weighted by Gasteiger charge is -2.37. The van der Waals surface area contributed by atoms with Crippen molar-refractivity contribution >= 4 is 41.1 Å². The van der Waals surface area contributed by atoms with Crippen LogP contribution in [0.1, 0.15) is 57.4 Å². The number of hydrogen-bond acceptors (Lipinski definition) is 13.